The summed E-state index contributed by atoms with van der Waals surface area (Å²) in [6, 6.07) is 8.62. The molecule has 0 radical (unpaired) electrons. The third-order valence-electron chi connectivity index (χ3n) is 6.64. The molecule has 0 bridgehead atoms. The second-order valence-corrected chi connectivity index (χ2v) is 8.60. The molecule has 3 aliphatic rings. The van der Waals surface area contributed by atoms with E-state index in [1.807, 2.05) is 24.1 Å². The maximum atomic E-state index is 13.4. The Morgan fingerprint density at radius 1 is 1.10 bits per heavy atom. The fourth-order valence-electron chi connectivity index (χ4n) is 4.86. The van der Waals surface area contributed by atoms with Gasteiger partial charge in [-0.1, -0.05) is 17.7 Å². The zero-order chi connectivity index (χ0) is 20.4. The van der Waals surface area contributed by atoms with Gasteiger partial charge in [-0.3, -0.25) is 9.80 Å². The van der Waals surface area contributed by atoms with Gasteiger partial charge in [-0.05, 0) is 69.8 Å². The van der Waals surface area contributed by atoms with E-state index in [1.165, 1.54) is 5.56 Å². The first-order chi connectivity index (χ1) is 13.9. The minimum atomic E-state index is -2.46. The van der Waals surface area contributed by atoms with Crippen molar-refractivity contribution in [2.24, 2.45) is 5.92 Å². The third-order valence-corrected chi connectivity index (χ3v) is 6.64. The van der Waals surface area contributed by atoms with E-state index >= 15 is 0 Å². The lowest BCUT2D eigenvalue weighted by Gasteiger charge is -2.41. The molecular weight excluding hydrogens is 374 g/mol. The van der Waals surface area contributed by atoms with Crippen LogP contribution in [0.1, 0.15) is 44.1 Å². The van der Waals surface area contributed by atoms with Gasteiger partial charge in [0.05, 0.1) is 11.7 Å². The van der Waals surface area contributed by atoms with E-state index in [-0.39, 0.29) is 18.9 Å². The van der Waals surface area contributed by atoms with Crippen LogP contribution in [-0.2, 0) is 4.79 Å². The Morgan fingerprint density at radius 2 is 1.76 bits per heavy atom. The first-order valence-electron chi connectivity index (χ1n) is 10.6. The normalized spacial score (nSPS) is 26.4. The summed E-state index contributed by atoms with van der Waals surface area (Å²) in [5.74, 6) is -1.25. The van der Waals surface area contributed by atoms with Gasteiger partial charge < -0.3 is 10.2 Å². The van der Waals surface area contributed by atoms with Crippen LogP contribution in [0.3, 0.4) is 0 Å². The Balaban J connectivity index is 1.36. The number of hydrogen-bond donors (Lipinski definition) is 2. The predicted molar refractivity (Wildman–Crippen MR) is 109 cm³/mol. The molecule has 1 atom stereocenters. The summed E-state index contributed by atoms with van der Waals surface area (Å²) in [5.41, 5.74) is 5.71. The minimum absolute atomic E-state index is 0.0246. The van der Waals surface area contributed by atoms with Gasteiger partial charge in [0.15, 0.2) is 0 Å². The van der Waals surface area contributed by atoms with Gasteiger partial charge in [-0.25, -0.2) is 14.2 Å². The maximum absolute atomic E-state index is 13.4. The number of carbonyl (C=O) groups is 1. The topological polar surface area (TPSA) is 47.6 Å². The van der Waals surface area contributed by atoms with Crippen LogP contribution in [0.4, 0.5) is 14.5 Å². The highest BCUT2D eigenvalue weighted by atomic mass is 19.3. The van der Waals surface area contributed by atoms with Crippen molar-refractivity contribution in [3.63, 3.8) is 0 Å². The summed E-state index contributed by atoms with van der Waals surface area (Å²) in [4.78, 5) is 13.5. The van der Waals surface area contributed by atoms with Crippen LogP contribution in [0.25, 0.3) is 0 Å². The van der Waals surface area contributed by atoms with Crippen molar-refractivity contribution in [1.82, 2.24) is 15.6 Å². The molecule has 0 aromatic heterocycles. The number of anilines is 1. The number of alkyl halides is 2. The van der Waals surface area contributed by atoms with Gasteiger partial charge in [0.2, 0.25) is 12.3 Å². The Labute approximate surface area is 171 Å². The molecule has 1 aliphatic carbocycles. The molecule has 7 heteroatoms. The number of hydrazine groups is 1. The van der Waals surface area contributed by atoms with Crippen molar-refractivity contribution >= 4 is 12.1 Å². The average molecular weight is 405 g/mol. The fraction of sp³-hybridized carbons (Fsp3) is 0.591. The van der Waals surface area contributed by atoms with Crippen LogP contribution in [0.5, 0.6) is 0 Å². The summed E-state index contributed by atoms with van der Waals surface area (Å²) < 4.78 is 26.9. The van der Waals surface area contributed by atoms with E-state index in [9.17, 15) is 13.6 Å². The lowest BCUT2D eigenvalue weighted by molar-refractivity contribution is -0.109. The standard InChI is InChI=1S/C22H30F2N4O/c1-16-2-4-19(5-3-16)28-21(25-15-29)14-20(26-28)17-8-12-27(13-9-17)18-6-10-22(23,24)11-7-18/h2-5,14-15,17-18,20,26H,6-13H2,1H3,(H,25,29). The van der Waals surface area contributed by atoms with Crippen LogP contribution < -0.4 is 15.8 Å². The van der Waals surface area contributed by atoms with Crippen molar-refractivity contribution in [2.45, 2.75) is 63.5 Å². The highest BCUT2D eigenvalue weighted by molar-refractivity contribution is 5.59. The zero-order valence-corrected chi connectivity index (χ0v) is 16.9. The van der Waals surface area contributed by atoms with Crippen molar-refractivity contribution < 1.29 is 13.6 Å². The van der Waals surface area contributed by atoms with Gasteiger partial charge in [0, 0.05) is 18.9 Å². The maximum Gasteiger partial charge on any atom is 0.248 e. The van der Waals surface area contributed by atoms with E-state index < -0.39 is 5.92 Å². The molecule has 2 fully saturated rings. The molecule has 158 valence electrons. The van der Waals surface area contributed by atoms with Gasteiger partial charge in [-0.15, -0.1) is 0 Å². The first-order valence-corrected chi connectivity index (χ1v) is 10.6. The number of benzene rings is 1. The molecule has 0 spiro atoms. The second kappa shape index (κ2) is 8.40. The molecule has 1 aromatic carbocycles. The van der Waals surface area contributed by atoms with E-state index in [4.69, 9.17) is 0 Å². The number of likely N-dealkylation sites (tertiary alicyclic amines) is 1. The predicted octanol–water partition coefficient (Wildman–Crippen LogP) is 3.57. The molecule has 4 rings (SSSR count). The number of nitrogens with one attached hydrogen (secondary N) is 2. The molecule has 2 heterocycles. The number of halogens is 2. The van der Waals surface area contributed by atoms with E-state index in [0.717, 1.165) is 37.4 Å². The first kappa shape index (κ1) is 20.3. The Bertz CT molecular complexity index is 734. The lowest BCUT2D eigenvalue weighted by atomic mass is 9.86. The molecule has 1 amide bonds. The van der Waals surface area contributed by atoms with Crippen LogP contribution >= 0.6 is 0 Å². The number of aryl methyl sites for hydroxylation is 1. The molecule has 1 saturated heterocycles. The fourth-order valence-corrected chi connectivity index (χ4v) is 4.86. The Morgan fingerprint density at radius 3 is 2.38 bits per heavy atom. The highest BCUT2D eigenvalue weighted by Gasteiger charge is 2.39. The Kier molecular flexibility index (Phi) is 5.88. The molecule has 2 aliphatic heterocycles. The number of rotatable bonds is 5. The largest absolute Gasteiger partial charge is 0.314 e. The Hall–Kier alpha value is -1.99. The number of hydrogen-bond acceptors (Lipinski definition) is 4. The quantitative estimate of drug-likeness (QED) is 0.737. The number of nitrogens with zero attached hydrogens (tertiary/aromatic N) is 2. The second-order valence-electron chi connectivity index (χ2n) is 8.60. The molecule has 29 heavy (non-hydrogen) atoms. The third kappa shape index (κ3) is 4.61. The average Bonchev–Trinajstić information content (AvgIpc) is 3.13. The molecular formula is C22H30F2N4O. The highest BCUT2D eigenvalue weighted by Crippen LogP contribution is 2.37. The summed E-state index contributed by atoms with van der Waals surface area (Å²) in [5, 5.41) is 4.75. The van der Waals surface area contributed by atoms with Crippen LogP contribution in [0.15, 0.2) is 36.2 Å². The summed E-state index contributed by atoms with van der Waals surface area (Å²) in [6.07, 6.45) is 6.11. The SMILES string of the molecule is Cc1ccc(N2NC(C3CCN(C4CCC(F)(F)CC4)CC3)C=C2NC=O)cc1. The monoisotopic (exact) mass is 404 g/mol. The van der Waals surface area contributed by atoms with Gasteiger partial charge >= 0.3 is 0 Å². The van der Waals surface area contributed by atoms with Gasteiger partial charge in [-0.2, -0.15) is 0 Å². The van der Waals surface area contributed by atoms with Gasteiger partial charge in [0.1, 0.15) is 5.82 Å². The van der Waals surface area contributed by atoms with Crippen LogP contribution in [0.2, 0.25) is 0 Å². The lowest BCUT2D eigenvalue weighted by Crippen LogP contribution is -2.49. The van der Waals surface area contributed by atoms with Crippen molar-refractivity contribution in [1.29, 1.82) is 0 Å². The number of piperidine rings is 1. The molecule has 5 nitrogen and oxygen atoms in total. The van der Waals surface area contributed by atoms with Gasteiger partial charge in [0.25, 0.3) is 0 Å². The smallest absolute Gasteiger partial charge is 0.248 e. The number of carbonyl (C=O) groups excluding carboxylic acids is 1. The van der Waals surface area contributed by atoms with E-state index in [2.05, 4.69) is 33.9 Å². The molecule has 1 unspecified atom stereocenters. The van der Waals surface area contributed by atoms with Crippen molar-refractivity contribution in [3.8, 4) is 0 Å². The van der Waals surface area contributed by atoms with E-state index in [1.54, 1.807) is 0 Å². The molecule has 2 N–H and O–H groups in total. The summed E-state index contributed by atoms with van der Waals surface area (Å²) >= 11 is 0. The van der Waals surface area contributed by atoms with E-state index in [0.29, 0.717) is 31.2 Å². The summed E-state index contributed by atoms with van der Waals surface area (Å²) in [7, 11) is 0. The van der Waals surface area contributed by atoms with Crippen LogP contribution in [-0.4, -0.2) is 42.4 Å². The molecule has 1 aromatic rings. The number of amides is 1. The zero-order valence-electron chi connectivity index (χ0n) is 16.9. The van der Waals surface area contributed by atoms with Crippen molar-refractivity contribution in [2.75, 3.05) is 18.1 Å². The van der Waals surface area contributed by atoms with Crippen LogP contribution in [0, 0.1) is 12.8 Å². The molecule has 1 saturated carbocycles. The summed E-state index contributed by atoms with van der Waals surface area (Å²) in [6.45, 7) is 3.95. The minimum Gasteiger partial charge on any atom is -0.314 e. The van der Waals surface area contributed by atoms with Crippen molar-refractivity contribution in [3.05, 3.63) is 41.7 Å².